The fourth-order valence-electron chi connectivity index (χ4n) is 0.724. The van der Waals surface area contributed by atoms with Gasteiger partial charge < -0.3 is 0 Å². The van der Waals surface area contributed by atoms with E-state index >= 15 is 0 Å². The van der Waals surface area contributed by atoms with E-state index in [2.05, 4.69) is 21.1 Å². The van der Waals surface area contributed by atoms with Crippen molar-refractivity contribution in [2.75, 3.05) is 4.72 Å². The average Bonchev–Trinajstić information content (AvgIpc) is 1.94. The van der Waals surface area contributed by atoms with Gasteiger partial charge in [0, 0.05) is 0 Å². The molecule has 0 aromatic heterocycles. The highest BCUT2D eigenvalue weighted by Gasteiger charge is 2.04. The first-order valence-corrected chi connectivity index (χ1v) is 5.48. The summed E-state index contributed by atoms with van der Waals surface area (Å²) in [6, 6.07) is 3.79. The Morgan fingerprint density at radius 2 is 2.08 bits per heavy atom. The van der Waals surface area contributed by atoms with Crippen molar-refractivity contribution < 1.29 is 12.8 Å². The van der Waals surface area contributed by atoms with E-state index in [1.807, 2.05) is 4.72 Å². The first kappa shape index (κ1) is 10.4. The van der Waals surface area contributed by atoms with E-state index in [4.69, 9.17) is 0 Å². The van der Waals surface area contributed by atoms with Gasteiger partial charge >= 0.3 is 0 Å². The summed E-state index contributed by atoms with van der Waals surface area (Å²) in [5.74, 6) is -0.561. The van der Waals surface area contributed by atoms with Gasteiger partial charge in [-0.1, -0.05) is 0 Å². The van der Waals surface area contributed by atoms with E-state index in [9.17, 15) is 12.8 Å². The van der Waals surface area contributed by atoms with Crippen LogP contribution < -0.4 is 9.86 Å². The zero-order valence-electron chi connectivity index (χ0n) is 6.29. The van der Waals surface area contributed by atoms with E-state index in [0.29, 0.717) is 0 Å². The number of nitrogens with one attached hydrogen (secondary N) is 1. The van der Waals surface area contributed by atoms with Crippen LogP contribution in [0.3, 0.4) is 0 Å². The molecule has 0 aliphatic rings. The normalized spacial score (nSPS) is 11.3. The zero-order chi connectivity index (χ0) is 10.1. The highest BCUT2D eigenvalue weighted by molar-refractivity contribution is 9.10. The lowest BCUT2D eigenvalue weighted by Gasteiger charge is -2.03. The number of hydrogen-bond donors (Lipinski definition) is 2. The summed E-state index contributed by atoms with van der Waals surface area (Å²) >= 11 is 2.93. The third kappa shape index (κ3) is 3.29. The minimum absolute atomic E-state index is 0.0863. The molecule has 0 atom stereocenters. The highest BCUT2D eigenvalue weighted by Crippen LogP contribution is 2.19. The number of rotatable bonds is 2. The van der Waals surface area contributed by atoms with Crippen LogP contribution >= 0.6 is 15.9 Å². The van der Waals surface area contributed by atoms with Crippen LogP contribution in [-0.4, -0.2) is 8.42 Å². The number of anilines is 1. The molecule has 1 aromatic carbocycles. The molecule has 1 aromatic rings. The summed E-state index contributed by atoms with van der Waals surface area (Å²) in [5, 5.41) is 4.68. The lowest BCUT2D eigenvalue weighted by molar-refractivity contribution is 0.602. The van der Waals surface area contributed by atoms with Gasteiger partial charge in [0.2, 0.25) is 0 Å². The highest BCUT2D eigenvalue weighted by atomic mass is 79.9. The standard InChI is InChI=1S/C6H6BrFN2O2S/c7-5-2-1-4(3-6(5)8)10-13(9,11)12/h1-3,10H,(H2,9,11,12). The monoisotopic (exact) mass is 268 g/mol. The molecule has 0 heterocycles. The smallest absolute Gasteiger partial charge is 0.271 e. The van der Waals surface area contributed by atoms with Crippen LogP contribution in [0.15, 0.2) is 22.7 Å². The van der Waals surface area contributed by atoms with Crippen molar-refractivity contribution in [2.45, 2.75) is 0 Å². The topological polar surface area (TPSA) is 72.2 Å². The number of nitrogens with two attached hydrogens (primary N) is 1. The van der Waals surface area contributed by atoms with Crippen molar-refractivity contribution in [3.05, 3.63) is 28.5 Å². The quantitative estimate of drug-likeness (QED) is 0.846. The summed E-state index contributed by atoms with van der Waals surface area (Å²) in [6.07, 6.45) is 0. The summed E-state index contributed by atoms with van der Waals surface area (Å²) in [6.45, 7) is 0. The molecule has 0 saturated heterocycles. The van der Waals surface area contributed by atoms with Gasteiger partial charge in [-0.3, -0.25) is 4.72 Å². The van der Waals surface area contributed by atoms with Crippen LogP contribution in [0.5, 0.6) is 0 Å². The van der Waals surface area contributed by atoms with Crippen LogP contribution in [0, 0.1) is 5.82 Å². The molecule has 3 N–H and O–H groups in total. The molecule has 72 valence electrons. The van der Waals surface area contributed by atoms with Crippen molar-refractivity contribution in [1.82, 2.24) is 0 Å². The van der Waals surface area contributed by atoms with Gasteiger partial charge in [0.15, 0.2) is 0 Å². The summed E-state index contributed by atoms with van der Waals surface area (Å²) in [4.78, 5) is 0. The Morgan fingerprint density at radius 1 is 1.46 bits per heavy atom. The van der Waals surface area contributed by atoms with Crippen molar-refractivity contribution in [2.24, 2.45) is 5.14 Å². The van der Waals surface area contributed by atoms with Crippen LogP contribution in [-0.2, 0) is 10.2 Å². The summed E-state index contributed by atoms with van der Waals surface area (Å²) < 4.78 is 36.1. The maximum absolute atomic E-state index is 12.8. The van der Waals surface area contributed by atoms with Crippen LogP contribution in [0.25, 0.3) is 0 Å². The molecule has 1 rings (SSSR count). The van der Waals surface area contributed by atoms with Gasteiger partial charge in [0.05, 0.1) is 10.2 Å². The molecular weight excluding hydrogens is 263 g/mol. The maximum atomic E-state index is 12.8. The predicted molar refractivity (Wildman–Crippen MR) is 50.8 cm³/mol. The summed E-state index contributed by atoms with van der Waals surface area (Å²) in [7, 11) is -3.84. The maximum Gasteiger partial charge on any atom is 0.296 e. The third-order valence-corrected chi connectivity index (χ3v) is 2.34. The molecule has 0 radical (unpaired) electrons. The number of hydrogen-bond acceptors (Lipinski definition) is 2. The Labute approximate surface area is 83.3 Å². The molecule has 13 heavy (non-hydrogen) atoms. The van der Waals surface area contributed by atoms with Gasteiger partial charge in [0.25, 0.3) is 10.2 Å². The van der Waals surface area contributed by atoms with Crippen LogP contribution in [0.4, 0.5) is 10.1 Å². The molecule has 0 amide bonds. The van der Waals surface area contributed by atoms with Crippen molar-refractivity contribution in [3.63, 3.8) is 0 Å². The Morgan fingerprint density at radius 3 is 2.54 bits per heavy atom. The second-order valence-electron chi connectivity index (χ2n) is 2.28. The van der Waals surface area contributed by atoms with Gasteiger partial charge in [-0.25, -0.2) is 9.53 Å². The Balaban J connectivity index is 2.99. The number of halogens is 2. The van der Waals surface area contributed by atoms with E-state index in [1.54, 1.807) is 0 Å². The second-order valence-corrected chi connectivity index (χ2v) is 4.42. The SMILES string of the molecule is NS(=O)(=O)Nc1ccc(Br)c(F)c1. The third-order valence-electron chi connectivity index (χ3n) is 1.18. The van der Waals surface area contributed by atoms with Gasteiger partial charge in [0.1, 0.15) is 5.82 Å². The Bertz CT molecular complexity index is 421. The summed E-state index contributed by atoms with van der Waals surface area (Å²) in [5.41, 5.74) is 0.0863. The van der Waals surface area contributed by atoms with Crippen LogP contribution in [0.1, 0.15) is 0 Å². The largest absolute Gasteiger partial charge is 0.296 e. The zero-order valence-corrected chi connectivity index (χ0v) is 8.69. The first-order valence-electron chi connectivity index (χ1n) is 3.14. The van der Waals surface area contributed by atoms with E-state index < -0.39 is 16.0 Å². The molecule has 7 heteroatoms. The van der Waals surface area contributed by atoms with Gasteiger partial charge in [-0.05, 0) is 34.1 Å². The molecule has 0 fully saturated rings. The first-order chi connectivity index (χ1) is 5.88. The van der Waals surface area contributed by atoms with Crippen molar-refractivity contribution >= 4 is 31.8 Å². The molecule has 0 bridgehead atoms. The van der Waals surface area contributed by atoms with Crippen molar-refractivity contribution in [3.8, 4) is 0 Å². The Kier molecular flexibility index (Phi) is 2.89. The van der Waals surface area contributed by atoms with Crippen molar-refractivity contribution in [1.29, 1.82) is 0 Å². The Hall–Kier alpha value is -0.660. The van der Waals surface area contributed by atoms with E-state index in [1.165, 1.54) is 12.1 Å². The molecule has 0 aliphatic heterocycles. The minimum Gasteiger partial charge on any atom is -0.271 e. The van der Waals surface area contributed by atoms with Gasteiger partial charge in [-0.15, -0.1) is 0 Å². The fourth-order valence-corrected chi connectivity index (χ4v) is 1.43. The predicted octanol–water partition coefficient (Wildman–Crippen LogP) is 1.20. The van der Waals surface area contributed by atoms with E-state index in [-0.39, 0.29) is 10.2 Å². The van der Waals surface area contributed by atoms with Crippen LogP contribution in [0.2, 0.25) is 0 Å². The molecular formula is C6H6BrFN2O2S. The second kappa shape index (κ2) is 3.60. The lowest BCUT2D eigenvalue weighted by Crippen LogP contribution is -2.21. The molecule has 0 aliphatic carbocycles. The molecule has 0 spiro atoms. The molecule has 4 nitrogen and oxygen atoms in total. The van der Waals surface area contributed by atoms with E-state index in [0.717, 1.165) is 6.07 Å². The fraction of sp³-hybridized carbons (Fsp3) is 0. The lowest BCUT2D eigenvalue weighted by atomic mass is 10.3. The molecule has 0 unspecified atom stereocenters. The van der Waals surface area contributed by atoms with Gasteiger partial charge in [-0.2, -0.15) is 8.42 Å². The average molecular weight is 269 g/mol. The molecule has 0 saturated carbocycles. The number of benzene rings is 1. The minimum atomic E-state index is -3.84.